The summed E-state index contributed by atoms with van der Waals surface area (Å²) in [5, 5.41) is 13.8. The molecule has 5 nitrogen and oxygen atoms in total. The van der Waals surface area contributed by atoms with E-state index in [1.54, 1.807) is 6.07 Å². The number of likely N-dealkylation sites (tertiary alicyclic amines) is 1. The number of hydrogen-bond acceptors (Lipinski definition) is 4. The molecule has 1 amide bonds. The molecule has 1 saturated heterocycles. The van der Waals surface area contributed by atoms with Crippen LogP contribution in [0.5, 0.6) is 11.5 Å². The number of hydrogen-bond donors (Lipinski definition) is 2. The molecule has 29 heavy (non-hydrogen) atoms. The van der Waals surface area contributed by atoms with Crippen molar-refractivity contribution in [3.05, 3.63) is 71.3 Å². The van der Waals surface area contributed by atoms with Crippen LogP contribution in [0.3, 0.4) is 0 Å². The Morgan fingerprint density at radius 1 is 1.21 bits per heavy atom. The van der Waals surface area contributed by atoms with Crippen LogP contribution in [-0.2, 0) is 11.8 Å². The number of rotatable bonds is 2. The molecular formula is C24H24N2O3. The molecule has 2 aliphatic heterocycles. The second kappa shape index (κ2) is 5.86. The van der Waals surface area contributed by atoms with Crippen molar-refractivity contribution < 1.29 is 14.6 Å². The average molecular weight is 388 g/mol. The maximum absolute atomic E-state index is 12.9. The molecule has 2 bridgehead atoms. The van der Waals surface area contributed by atoms with Gasteiger partial charge in [-0.1, -0.05) is 36.4 Å². The number of piperidine rings is 1. The highest BCUT2D eigenvalue weighted by molar-refractivity contribution is 5.94. The zero-order valence-electron chi connectivity index (χ0n) is 16.3. The molecule has 2 aromatic rings. The Balaban J connectivity index is 1.45. The van der Waals surface area contributed by atoms with E-state index in [1.807, 2.05) is 30.3 Å². The number of phenolic OH excluding ortho intramolecular Hbond substituents is 1. The summed E-state index contributed by atoms with van der Waals surface area (Å²) in [5.74, 6) is 1.06. The molecule has 2 N–H and O–H groups in total. The van der Waals surface area contributed by atoms with Crippen molar-refractivity contribution >= 4 is 5.91 Å². The molecule has 0 aromatic heterocycles. The van der Waals surface area contributed by atoms with E-state index in [2.05, 4.69) is 35.5 Å². The Labute approximate surface area is 170 Å². The number of carbonyl (C=O) groups excluding carboxylic acids is 1. The van der Waals surface area contributed by atoms with Crippen LogP contribution < -0.4 is 10.1 Å². The highest BCUT2D eigenvalue weighted by Gasteiger charge is 2.64. The summed E-state index contributed by atoms with van der Waals surface area (Å²) in [6, 6.07) is 13.3. The number of nitrogens with zero attached hydrogens (tertiary/aromatic N) is 1. The lowest BCUT2D eigenvalue weighted by atomic mass is 9.53. The summed E-state index contributed by atoms with van der Waals surface area (Å²) in [4.78, 5) is 15.3. The number of aromatic hydroxyl groups is 1. The molecule has 148 valence electrons. The molecule has 0 radical (unpaired) electrons. The number of carbonyl (C=O) groups is 1. The topological polar surface area (TPSA) is 61.8 Å². The van der Waals surface area contributed by atoms with Crippen LogP contribution in [0.2, 0.25) is 0 Å². The van der Waals surface area contributed by atoms with Crippen molar-refractivity contribution in [3.63, 3.8) is 0 Å². The summed E-state index contributed by atoms with van der Waals surface area (Å²) >= 11 is 0. The van der Waals surface area contributed by atoms with Crippen molar-refractivity contribution in [1.82, 2.24) is 10.2 Å². The van der Waals surface area contributed by atoms with Crippen LogP contribution in [0.1, 0.15) is 27.9 Å². The van der Waals surface area contributed by atoms with Gasteiger partial charge in [0.1, 0.15) is 6.10 Å². The summed E-state index contributed by atoms with van der Waals surface area (Å²) in [6.45, 7) is 0.989. The van der Waals surface area contributed by atoms with Crippen LogP contribution in [0.4, 0.5) is 0 Å². The standard InChI is InChI=1S/C24H24N2O3/c1-26-12-11-24-16-8-9-17(25-23(28)14-5-3-2-4-6-14)22(24)29-21-19(27)10-7-15(20(21)24)13-18(16)26/h2-10,16-18,22,27H,11-13H2,1H3,(H,25,28)/t16?,17-,18-,22?,24+/m1/s1. The third-order valence-corrected chi connectivity index (χ3v) is 7.51. The normalized spacial score (nSPS) is 33.7. The molecule has 5 heteroatoms. The van der Waals surface area contributed by atoms with Crippen LogP contribution >= 0.6 is 0 Å². The van der Waals surface area contributed by atoms with Gasteiger partial charge in [0.15, 0.2) is 11.5 Å². The predicted molar refractivity (Wildman–Crippen MR) is 109 cm³/mol. The number of phenols is 1. The molecule has 4 aliphatic rings. The molecular weight excluding hydrogens is 364 g/mol. The minimum atomic E-state index is -0.235. The molecule has 2 heterocycles. The highest BCUT2D eigenvalue weighted by Crippen LogP contribution is 2.62. The molecule has 6 rings (SSSR count). The van der Waals surface area contributed by atoms with Crippen molar-refractivity contribution in [1.29, 1.82) is 0 Å². The lowest BCUT2D eigenvalue weighted by molar-refractivity contribution is -0.00855. The van der Waals surface area contributed by atoms with Crippen molar-refractivity contribution in [3.8, 4) is 11.5 Å². The van der Waals surface area contributed by atoms with E-state index in [-0.39, 0.29) is 29.2 Å². The van der Waals surface area contributed by atoms with Gasteiger partial charge in [0.25, 0.3) is 5.91 Å². The predicted octanol–water partition coefficient (Wildman–Crippen LogP) is 2.64. The minimum absolute atomic E-state index is 0.0978. The van der Waals surface area contributed by atoms with Crippen LogP contribution in [0.25, 0.3) is 0 Å². The lowest BCUT2D eigenvalue weighted by Crippen LogP contribution is -2.66. The zero-order chi connectivity index (χ0) is 19.8. The van der Waals surface area contributed by atoms with Crippen LogP contribution in [-0.4, -0.2) is 47.7 Å². The van der Waals surface area contributed by atoms with E-state index in [1.165, 1.54) is 11.1 Å². The first-order chi connectivity index (χ1) is 14.1. The number of ether oxygens (including phenoxy) is 1. The van der Waals surface area contributed by atoms with Crippen LogP contribution in [0.15, 0.2) is 54.6 Å². The fraction of sp³-hybridized carbons (Fsp3) is 0.375. The molecule has 2 aliphatic carbocycles. The third-order valence-electron chi connectivity index (χ3n) is 7.51. The number of likely N-dealkylation sites (N-methyl/N-ethyl adjacent to an activating group) is 1. The Morgan fingerprint density at radius 3 is 2.86 bits per heavy atom. The van der Waals surface area contributed by atoms with Crippen LogP contribution in [0, 0.1) is 5.92 Å². The molecule has 2 unspecified atom stereocenters. The third kappa shape index (κ3) is 2.16. The molecule has 2 aromatic carbocycles. The summed E-state index contributed by atoms with van der Waals surface area (Å²) in [6.07, 6.45) is 6.12. The van der Waals surface area contributed by atoms with E-state index in [9.17, 15) is 9.90 Å². The van der Waals surface area contributed by atoms with Gasteiger partial charge in [0.2, 0.25) is 0 Å². The average Bonchev–Trinajstić information content (AvgIpc) is 3.10. The van der Waals surface area contributed by atoms with Crippen molar-refractivity contribution in [2.45, 2.75) is 36.4 Å². The maximum atomic E-state index is 12.9. The van der Waals surface area contributed by atoms with E-state index in [0.29, 0.717) is 23.3 Å². The first-order valence-electron chi connectivity index (χ1n) is 10.4. The second-order valence-corrected chi connectivity index (χ2v) is 8.80. The van der Waals surface area contributed by atoms with Gasteiger partial charge in [-0.25, -0.2) is 0 Å². The van der Waals surface area contributed by atoms with Gasteiger partial charge in [0, 0.05) is 28.5 Å². The Hall–Kier alpha value is -2.79. The fourth-order valence-electron chi connectivity index (χ4n) is 6.21. The molecule has 1 spiro atoms. The van der Waals surface area contributed by atoms with Gasteiger partial charge in [-0.15, -0.1) is 0 Å². The molecule has 1 fully saturated rings. The zero-order valence-corrected chi connectivity index (χ0v) is 16.3. The SMILES string of the molecule is CN1CC[C@]23c4c5ccc(O)c4OC2[C@H](NC(=O)c2ccccc2)C=CC3[C@H]1C5. The quantitative estimate of drug-likeness (QED) is 0.777. The molecule has 0 saturated carbocycles. The van der Waals surface area contributed by atoms with Gasteiger partial charge in [-0.2, -0.15) is 0 Å². The van der Waals surface area contributed by atoms with Crippen molar-refractivity contribution in [2.24, 2.45) is 5.92 Å². The highest BCUT2D eigenvalue weighted by atomic mass is 16.5. The van der Waals surface area contributed by atoms with Gasteiger partial charge < -0.3 is 20.1 Å². The monoisotopic (exact) mass is 388 g/mol. The minimum Gasteiger partial charge on any atom is -0.504 e. The van der Waals surface area contributed by atoms with E-state index in [4.69, 9.17) is 4.74 Å². The van der Waals surface area contributed by atoms with Gasteiger partial charge >= 0.3 is 0 Å². The van der Waals surface area contributed by atoms with Crippen molar-refractivity contribution in [2.75, 3.05) is 13.6 Å². The van der Waals surface area contributed by atoms with E-state index < -0.39 is 0 Å². The number of nitrogens with one attached hydrogen (secondary N) is 1. The number of amides is 1. The number of benzene rings is 2. The van der Waals surface area contributed by atoms with Gasteiger partial charge in [0.05, 0.1) is 6.04 Å². The largest absolute Gasteiger partial charge is 0.504 e. The second-order valence-electron chi connectivity index (χ2n) is 8.80. The Bertz CT molecular complexity index is 1030. The van der Waals surface area contributed by atoms with Gasteiger partial charge in [-0.3, -0.25) is 4.79 Å². The molecule has 5 atom stereocenters. The smallest absolute Gasteiger partial charge is 0.251 e. The first-order valence-corrected chi connectivity index (χ1v) is 10.4. The Morgan fingerprint density at radius 2 is 2.03 bits per heavy atom. The first kappa shape index (κ1) is 17.1. The van der Waals surface area contributed by atoms with E-state index >= 15 is 0 Å². The summed E-state index contributed by atoms with van der Waals surface area (Å²) in [5.41, 5.74) is 2.91. The maximum Gasteiger partial charge on any atom is 0.251 e. The Kier molecular flexibility index (Phi) is 3.46. The van der Waals surface area contributed by atoms with Gasteiger partial charge in [-0.05, 0) is 50.2 Å². The summed E-state index contributed by atoms with van der Waals surface area (Å²) in [7, 11) is 2.20. The lowest BCUT2D eigenvalue weighted by Gasteiger charge is -2.57. The fourth-order valence-corrected chi connectivity index (χ4v) is 6.21. The van der Waals surface area contributed by atoms with E-state index in [0.717, 1.165) is 19.4 Å². The summed E-state index contributed by atoms with van der Waals surface area (Å²) < 4.78 is 6.46.